The standard InChI is InChI=1S/C25H24ClF2N5O2S/c1-13-11-33(6-7-35-12-13)24-17-9-19(26)20(21(28)22(17)31-25(32-24)34-2)15-5-4-14(27)8-16(15)18(10-29)23(30)36-3/h4-5,8-9,13H,6-7,11-12,30H2,1-3H3/b23-18-. The fourth-order valence-electron chi connectivity index (χ4n) is 4.20. The van der Waals surface area contributed by atoms with Gasteiger partial charge in [0, 0.05) is 29.6 Å². The number of halogens is 3. The van der Waals surface area contributed by atoms with Crippen LogP contribution in [0, 0.1) is 28.9 Å². The molecule has 0 spiro atoms. The van der Waals surface area contributed by atoms with Crippen molar-refractivity contribution in [1.82, 2.24) is 9.97 Å². The van der Waals surface area contributed by atoms with E-state index in [9.17, 15) is 9.65 Å². The topological polar surface area (TPSA) is 97.3 Å². The molecule has 1 fully saturated rings. The summed E-state index contributed by atoms with van der Waals surface area (Å²) >= 11 is 7.79. The van der Waals surface area contributed by atoms with Crippen LogP contribution >= 0.6 is 23.4 Å². The van der Waals surface area contributed by atoms with Crippen molar-refractivity contribution in [1.29, 1.82) is 5.26 Å². The van der Waals surface area contributed by atoms with Crippen molar-refractivity contribution in [2.75, 3.05) is 44.6 Å². The number of nitriles is 1. The minimum Gasteiger partial charge on any atom is -0.467 e. The van der Waals surface area contributed by atoms with Gasteiger partial charge in [-0.25, -0.2) is 8.78 Å². The number of nitrogens with two attached hydrogens (primary N) is 1. The smallest absolute Gasteiger partial charge is 0.318 e. The van der Waals surface area contributed by atoms with E-state index in [1.54, 1.807) is 12.3 Å². The fourth-order valence-corrected chi connectivity index (χ4v) is 4.86. The Labute approximate surface area is 216 Å². The normalized spacial score (nSPS) is 16.9. The highest BCUT2D eigenvalue weighted by Crippen LogP contribution is 2.42. The molecule has 3 aromatic rings. The summed E-state index contributed by atoms with van der Waals surface area (Å²) < 4.78 is 41.4. The molecule has 1 aromatic heterocycles. The highest BCUT2D eigenvalue weighted by Gasteiger charge is 2.26. The molecule has 11 heteroatoms. The molecule has 1 saturated heterocycles. The van der Waals surface area contributed by atoms with Gasteiger partial charge in [0.2, 0.25) is 0 Å². The van der Waals surface area contributed by atoms with Crippen molar-refractivity contribution in [3.63, 3.8) is 0 Å². The van der Waals surface area contributed by atoms with Gasteiger partial charge in [0.25, 0.3) is 0 Å². The Balaban J connectivity index is 2.01. The summed E-state index contributed by atoms with van der Waals surface area (Å²) in [5.74, 6) is -0.643. The van der Waals surface area contributed by atoms with Crippen LogP contribution in [0.1, 0.15) is 12.5 Å². The van der Waals surface area contributed by atoms with Gasteiger partial charge in [0.15, 0.2) is 5.82 Å². The van der Waals surface area contributed by atoms with Crippen molar-refractivity contribution < 1.29 is 18.3 Å². The Morgan fingerprint density at radius 2 is 2.11 bits per heavy atom. The van der Waals surface area contributed by atoms with Gasteiger partial charge < -0.3 is 20.1 Å². The summed E-state index contributed by atoms with van der Waals surface area (Å²) in [7, 11) is 1.40. The Morgan fingerprint density at radius 1 is 1.33 bits per heavy atom. The van der Waals surface area contributed by atoms with Crippen LogP contribution in [-0.2, 0) is 4.74 Å². The van der Waals surface area contributed by atoms with Crippen LogP contribution < -0.4 is 15.4 Å². The predicted molar refractivity (Wildman–Crippen MR) is 139 cm³/mol. The molecule has 188 valence electrons. The molecule has 1 aliphatic rings. The Bertz CT molecular complexity index is 1400. The van der Waals surface area contributed by atoms with E-state index >= 15 is 4.39 Å². The van der Waals surface area contributed by atoms with Crippen molar-refractivity contribution in [3.8, 4) is 23.2 Å². The van der Waals surface area contributed by atoms with E-state index in [4.69, 9.17) is 26.8 Å². The molecule has 0 radical (unpaired) electrons. The number of nitrogens with zero attached hydrogens (tertiary/aromatic N) is 4. The molecular weight excluding hydrogens is 508 g/mol. The fraction of sp³-hybridized carbons (Fsp3) is 0.320. The third-order valence-electron chi connectivity index (χ3n) is 5.86. The average Bonchev–Trinajstić information content (AvgIpc) is 3.09. The Hall–Kier alpha value is -3.13. The summed E-state index contributed by atoms with van der Waals surface area (Å²) in [6.45, 7) is 4.35. The number of aromatic nitrogens is 2. The summed E-state index contributed by atoms with van der Waals surface area (Å²) in [6.07, 6.45) is 1.69. The molecule has 0 bridgehead atoms. The molecule has 1 atom stereocenters. The number of anilines is 1. The lowest BCUT2D eigenvalue weighted by Gasteiger charge is -2.25. The number of allylic oxidation sites excluding steroid dienone is 1. The second-order valence-electron chi connectivity index (χ2n) is 8.35. The van der Waals surface area contributed by atoms with E-state index in [-0.39, 0.29) is 49.8 Å². The third kappa shape index (κ3) is 4.91. The zero-order valence-corrected chi connectivity index (χ0v) is 21.5. The van der Waals surface area contributed by atoms with Crippen LogP contribution in [0.3, 0.4) is 0 Å². The predicted octanol–water partition coefficient (Wildman–Crippen LogP) is 5.22. The van der Waals surface area contributed by atoms with E-state index in [1.807, 2.05) is 11.0 Å². The first-order chi connectivity index (χ1) is 17.3. The lowest BCUT2D eigenvalue weighted by molar-refractivity contribution is 0.129. The maximum atomic E-state index is 16.3. The molecule has 2 heterocycles. The first-order valence-corrected chi connectivity index (χ1v) is 12.7. The molecule has 4 rings (SSSR count). The molecule has 36 heavy (non-hydrogen) atoms. The number of benzene rings is 2. The zero-order chi connectivity index (χ0) is 26.0. The van der Waals surface area contributed by atoms with E-state index in [2.05, 4.69) is 16.9 Å². The van der Waals surface area contributed by atoms with Gasteiger partial charge >= 0.3 is 6.01 Å². The van der Waals surface area contributed by atoms with Crippen molar-refractivity contribution in [3.05, 3.63) is 51.5 Å². The first kappa shape index (κ1) is 25.9. The second kappa shape index (κ2) is 10.9. The van der Waals surface area contributed by atoms with Gasteiger partial charge in [-0.15, -0.1) is 11.8 Å². The molecule has 1 unspecified atom stereocenters. The number of fused-ring (bicyclic) bond motifs is 1. The van der Waals surface area contributed by atoms with E-state index in [0.717, 1.165) is 17.8 Å². The highest BCUT2D eigenvalue weighted by molar-refractivity contribution is 8.02. The highest BCUT2D eigenvalue weighted by atomic mass is 35.5. The summed E-state index contributed by atoms with van der Waals surface area (Å²) in [4.78, 5) is 10.8. The van der Waals surface area contributed by atoms with E-state index in [1.165, 1.54) is 19.2 Å². The van der Waals surface area contributed by atoms with E-state index < -0.39 is 11.6 Å². The van der Waals surface area contributed by atoms with Crippen LogP contribution in [0.5, 0.6) is 6.01 Å². The van der Waals surface area contributed by atoms with E-state index in [0.29, 0.717) is 37.5 Å². The van der Waals surface area contributed by atoms with Crippen LogP contribution in [0.25, 0.3) is 27.6 Å². The van der Waals surface area contributed by atoms with Crippen LogP contribution in [0.2, 0.25) is 5.02 Å². The monoisotopic (exact) mass is 531 g/mol. The number of ether oxygens (including phenoxy) is 2. The molecule has 0 saturated carbocycles. The SMILES string of the molecule is COc1nc(N2CCOCC(C)C2)c2cc(Cl)c(-c3ccc(F)cc3/C(C#N)=C(/N)SC)c(F)c2n1. The van der Waals surface area contributed by atoms with Crippen LogP contribution in [-0.4, -0.2) is 49.6 Å². The molecule has 0 amide bonds. The van der Waals surface area contributed by atoms with Gasteiger partial charge in [0.1, 0.15) is 23.2 Å². The lowest BCUT2D eigenvalue weighted by Crippen LogP contribution is -2.30. The van der Waals surface area contributed by atoms with Gasteiger partial charge in [-0.2, -0.15) is 15.2 Å². The maximum absolute atomic E-state index is 16.3. The number of thioether (sulfide) groups is 1. The minimum absolute atomic E-state index is 0.00828. The summed E-state index contributed by atoms with van der Waals surface area (Å²) in [5, 5.41) is 10.4. The number of hydrogen-bond donors (Lipinski definition) is 1. The molecule has 0 aliphatic carbocycles. The number of hydrogen-bond acceptors (Lipinski definition) is 8. The number of methoxy groups -OCH3 is 1. The zero-order valence-electron chi connectivity index (χ0n) is 19.9. The molecule has 2 N–H and O–H groups in total. The van der Waals surface area contributed by atoms with Crippen molar-refractivity contribution >= 4 is 45.7 Å². The number of rotatable bonds is 5. The molecular formula is C25H24ClF2N5O2S. The summed E-state index contributed by atoms with van der Waals surface area (Å²) in [5.41, 5.74) is 6.33. The van der Waals surface area contributed by atoms with Gasteiger partial charge in [-0.1, -0.05) is 24.6 Å². The van der Waals surface area contributed by atoms with Gasteiger partial charge in [-0.05, 0) is 35.9 Å². The van der Waals surface area contributed by atoms with Crippen LogP contribution in [0.15, 0.2) is 29.3 Å². The van der Waals surface area contributed by atoms with Gasteiger partial charge in [-0.3, -0.25) is 0 Å². The Morgan fingerprint density at radius 3 is 2.81 bits per heavy atom. The molecule has 7 nitrogen and oxygen atoms in total. The second-order valence-corrected chi connectivity index (χ2v) is 9.60. The lowest BCUT2D eigenvalue weighted by atomic mass is 9.93. The van der Waals surface area contributed by atoms with Crippen LogP contribution in [0.4, 0.5) is 14.6 Å². The van der Waals surface area contributed by atoms with Gasteiger partial charge in [0.05, 0.1) is 35.9 Å². The third-order valence-corrected chi connectivity index (χ3v) is 6.80. The first-order valence-electron chi connectivity index (χ1n) is 11.1. The maximum Gasteiger partial charge on any atom is 0.318 e. The van der Waals surface area contributed by atoms with Crippen molar-refractivity contribution in [2.24, 2.45) is 11.7 Å². The summed E-state index contributed by atoms with van der Waals surface area (Å²) in [6, 6.07) is 7.27. The molecule has 1 aliphatic heterocycles. The average molecular weight is 532 g/mol. The largest absolute Gasteiger partial charge is 0.467 e. The molecule has 2 aromatic carbocycles. The Kier molecular flexibility index (Phi) is 7.83. The minimum atomic E-state index is -0.744. The van der Waals surface area contributed by atoms with Crippen molar-refractivity contribution in [2.45, 2.75) is 6.92 Å². The quantitative estimate of drug-likeness (QED) is 0.447.